The van der Waals surface area contributed by atoms with E-state index in [0.29, 0.717) is 19.0 Å². The van der Waals surface area contributed by atoms with Gasteiger partial charge in [-0.15, -0.1) is 0 Å². The zero-order valence-corrected chi connectivity index (χ0v) is 11.2. The highest BCUT2D eigenvalue weighted by Gasteiger charge is 2.39. The summed E-state index contributed by atoms with van der Waals surface area (Å²) in [5.41, 5.74) is 5.36. The Balaban J connectivity index is 4.36. The van der Waals surface area contributed by atoms with Crippen molar-refractivity contribution in [2.75, 3.05) is 33.0 Å². The Morgan fingerprint density at radius 2 is 1.80 bits per heavy atom. The Kier molecular flexibility index (Phi) is 6.56. The summed E-state index contributed by atoms with van der Waals surface area (Å²) in [6, 6.07) is 0.520. The monoisotopic (exact) mass is 257 g/mol. The molecule has 0 amide bonds. The molecule has 0 rings (SSSR count). The standard InChI is InChI=1S/C7H19NO5SSi/c1-11-15(12-2,6-4-5-8)13-7-14(3,9)10/h4-8H2,1-3H3. The second-order valence-electron chi connectivity index (χ2n) is 3.17. The molecule has 0 aliphatic carbocycles. The fraction of sp³-hybridized carbons (Fsp3) is 1.00. The van der Waals surface area contributed by atoms with Gasteiger partial charge in [0.2, 0.25) is 0 Å². The first kappa shape index (κ1) is 15.0. The third kappa shape index (κ3) is 6.23. The molecule has 0 spiro atoms. The van der Waals surface area contributed by atoms with Gasteiger partial charge in [-0.2, -0.15) is 0 Å². The first-order valence-corrected chi connectivity index (χ1v) is 8.50. The van der Waals surface area contributed by atoms with Gasteiger partial charge in [-0.1, -0.05) is 0 Å². The molecule has 0 aromatic heterocycles. The molecule has 0 saturated heterocycles. The fourth-order valence-electron chi connectivity index (χ4n) is 0.993. The normalized spacial score (nSPS) is 13.1. The topological polar surface area (TPSA) is 87.8 Å². The zero-order chi connectivity index (χ0) is 11.9. The maximum Gasteiger partial charge on any atom is 0.501 e. The summed E-state index contributed by atoms with van der Waals surface area (Å²) in [4.78, 5) is 0. The first-order chi connectivity index (χ1) is 6.89. The van der Waals surface area contributed by atoms with Crippen molar-refractivity contribution in [1.29, 1.82) is 0 Å². The molecule has 0 saturated carbocycles. The fourth-order valence-corrected chi connectivity index (χ4v) is 4.16. The largest absolute Gasteiger partial charge is 0.501 e. The van der Waals surface area contributed by atoms with Gasteiger partial charge < -0.3 is 19.0 Å². The minimum absolute atomic E-state index is 0.383. The Bertz CT molecular complexity index is 265. The Morgan fingerprint density at radius 1 is 1.27 bits per heavy atom. The summed E-state index contributed by atoms with van der Waals surface area (Å²) >= 11 is 0. The van der Waals surface area contributed by atoms with E-state index in [4.69, 9.17) is 19.0 Å². The van der Waals surface area contributed by atoms with E-state index >= 15 is 0 Å². The average molecular weight is 257 g/mol. The lowest BCUT2D eigenvalue weighted by Crippen LogP contribution is -2.45. The minimum Gasteiger partial charge on any atom is -0.377 e. The molecule has 0 aromatic rings. The van der Waals surface area contributed by atoms with Gasteiger partial charge in [0.25, 0.3) is 0 Å². The molecular formula is C7H19NO5SSi. The Morgan fingerprint density at radius 3 is 2.13 bits per heavy atom. The van der Waals surface area contributed by atoms with Crippen molar-refractivity contribution in [2.24, 2.45) is 5.73 Å². The van der Waals surface area contributed by atoms with Gasteiger partial charge in [-0.05, 0) is 13.0 Å². The van der Waals surface area contributed by atoms with Crippen LogP contribution in [-0.4, -0.2) is 50.2 Å². The Hall–Kier alpha value is 0.00688. The van der Waals surface area contributed by atoms with Crippen LogP contribution >= 0.6 is 0 Å². The third-order valence-corrected chi connectivity index (χ3v) is 5.35. The molecule has 6 nitrogen and oxygen atoms in total. The second-order valence-corrected chi connectivity index (χ2v) is 8.23. The molecule has 8 heteroatoms. The van der Waals surface area contributed by atoms with Crippen LogP contribution in [0.4, 0.5) is 0 Å². The highest BCUT2D eigenvalue weighted by molar-refractivity contribution is 7.90. The quantitative estimate of drug-likeness (QED) is 0.595. The predicted molar refractivity (Wildman–Crippen MR) is 59.0 cm³/mol. The van der Waals surface area contributed by atoms with Crippen LogP contribution in [0.1, 0.15) is 6.42 Å². The van der Waals surface area contributed by atoms with E-state index < -0.39 is 18.6 Å². The van der Waals surface area contributed by atoms with Crippen molar-refractivity contribution in [3.05, 3.63) is 0 Å². The lowest BCUT2D eigenvalue weighted by Gasteiger charge is -2.25. The molecule has 0 heterocycles. The van der Waals surface area contributed by atoms with Gasteiger partial charge in [0.05, 0.1) is 0 Å². The van der Waals surface area contributed by atoms with Crippen LogP contribution in [0.2, 0.25) is 6.04 Å². The molecule has 0 aliphatic rings. The van der Waals surface area contributed by atoms with Gasteiger partial charge in [-0.25, -0.2) is 8.42 Å². The van der Waals surface area contributed by atoms with Crippen LogP contribution in [0.15, 0.2) is 0 Å². The Labute approximate surface area is 92.0 Å². The predicted octanol–water partition coefficient (Wildman–Crippen LogP) is -0.414. The van der Waals surface area contributed by atoms with Gasteiger partial charge in [-0.3, -0.25) is 0 Å². The van der Waals surface area contributed by atoms with E-state index in [1.54, 1.807) is 0 Å². The van der Waals surface area contributed by atoms with Crippen molar-refractivity contribution < 1.29 is 21.7 Å². The van der Waals surface area contributed by atoms with Crippen LogP contribution in [0, 0.1) is 0 Å². The van der Waals surface area contributed by atoms with Gasteiger partial charge in [0, 0.05) is 26.5 Å². The van der Waals surface area contributed by atoms with E-state index in [0.717, 1.165) is 6.26 Å². The molecule has 0 unspecified atom stereocenters. The molecule has 2 N–H and O–H groups in total. The lowest BCUT2D eigenvalue weighted by molar-refractivity contribution is 0.115. The molecule has 92 valence electrons. The molecular weight excluding hydrogens is 238 g/mol. The number of sulfone groups is 1. The summed E-state index contributed by atoms with van der Waals surface area (Å²) < 4.78 is 37.5. The second kappa shape index (κ2) is 6.56. The van der Waals surface area contributed by atoms with Crippen LogP contribution in [-0.2, 0) is 23.1 Å². The van der Waals surface area contributed by atoms with Crippen molar-refractivity contribution in [3.63, 3.8) is 0 Å². The van der Waals surface area contributed by atoms with Crippen molar-refractivity contribution in [3.8, 4) is 0 Å². The molecule has 0 aliphatic heterocycles. The molecule has 0 radical (unpaired) electrons. The van der Waals surface area contributed by atoms with Gasteiger partial charge in [0.15, 0.2) is 9.84 Å². The number of rotatable bonds is 8. The van der Waals surface area contributed by atoms with Crippen LogP contribution in [0.25, 0.3) is 0 Å². The molecule has 0 bridgehead atoms. The van der Waals surface area contributed by atoms with Crippen LogP contribution in [0.5, 0.6) is 0 Å². The minimum atomic E-state index is -3.18. The number of nitrogens with two attached hydrogens (primary N) is 1. The van der Waals surface area contributed by atoms with E-state index in [1.165, 1.54) is 14.2 Å². The van der Waals surface area contributed by atoms with E-state index in [1.807, 2.05) is 0 Å². The molecule has 0 aromatic carbocycles. The third-order valence-electron chi connectivity index (χ3n) is 1.80. The highest BCUT2D eigenvalue weighted by atomic mass is 32.2. The van der Waals surface area contributed by atoms with E-state index in [2.05, 4.69) is 0 Å². The van der Waals surface area contributed by atoms with Crippen LogP contribution < -0.4 is 5.73 Å². The van der Waals surface area contributed by atoms with E-state index in [-0.39, 0.29) is 5.94 Å². The molecule has 0 fully saturated rings. The summed E-state index contributed by atoms with van der Waals surface area (Å²) in [6.45, 7) is 0.490. The maximum atomic E-state index is 10.9. The first-order valence-electron chi connectivity index (χ1n) is 4.51. The molecule has 15 heavy (non-hydrogen) atoms. The maximum absolute atomic E-state index is 10.9. The number of hydrogen-bond acceptors (Lipinski definition) is 6. The van der Waals surface area contributed by atoms with Crippen molar-refractivity contribution in [1.82, 2.24) is 0 Å². The number of hydrogen-bond donors (Lipinski definition) is 1. The van der Waals surface area contributed by atoms with Gasteiger partial charge >= 0.3 is 8.80 Å². The van der Waals surface area contributed by atoms with Crippen LogP contribution in [0.3, 0.4) is 0 Å². The van der Waals surface area contributed by atoms with Crippen molar-refractivity contribution in [2.45, 2.75) is 12.5 Å². The van der Waals surface area contributed by atoms with E-state index in [9.17, 15) is 8.42 Å². The molecule has 0 atom stereocenters. The summed E-state index contributed by atoms with van der Waals surface area (Å²) in [5.74, 6) is -0.383. The summed E-state index contributed by atoms with van der Waals surface area (Å²) in [6.07, 6.45) is 1.78. The highest BCUT2D eigenvalue weighted by Crippen LogP contribution is 2.16. The van der Waals surface area contributed by atoms with Gasteiger partial charge in [0.1, 0.15) is 5.94 Å². The lowest BCUT2D eigenvalue weighted by atomic mass is 10.5. The average Bonchev–Trinajstić information content (AvgIpc) is 2.18. The van der Waals surface area contributed by atoms with Crippen molar-refractivity contribution >= 4 is 18.6 Å². The SMILES string of the molecule is CO[Si](CCCN)(OC)OCS(C)(=O)=O. The summed E-state index contributed by atoms with van der Waals surface area (Å²) in [7, 11) is -3.11. The summed E-state index contributed by atoms with van der Waals surface area (Å²) in [5, 5.41) is 0. The smallest absolute Gasteiger partial charge is 0.377 e. The zero-order valence-electron chi connectivity index (χ0n) is 9.36.